The Balaban J connectivity index is 1.71. The van der Waals surface area contributed by atoms with Gasteiger partial charge in [-0.05, 0) is 55.0 Å². The lowest BCUT2D eigenvalue weighted by atomic mass is 10.1. The van der Waals surface area contributed by atoms with Gasteiger partial charge in [-0.2, -0.15) is 13.2 Å². The molecule has 172 valence electrons. The van der Waals surface area contributed by atoms with E-state index in [1.807, 2.05) is 0 Å². The Morgan fingerprint density at radius 1 is 0.970 bits per heavy atom. The zero-order valence-corrected chi connectivity index (χ0v) is 19.0. The molecule has 0 radical (unpaired) electrons. The normalized spacial score (nSPS) is 12.2. The van der Waals surface area contributed by atoms with Crippen molar-refractivity contribution in [3.63, 3.8) is 0 Å². The fraction of sp³-hybridized carbons (Fsp3) is 0.167. The number of alkyl halides is 3. The van der Waals surface area contributed by atoms with Crippen molar-refractivity contribution in [1.82, 2.24) is 0 Å². The molecule has 0 saturated heterocycles. The van der Waals surface area contributed by atoms with E-state index in [1.165, 1.54) is 30.0 Å². The largest absolute Gasteiger partial charge is 0.418 e. The summed E-state index contributed by atoms with van der Waals surface area (Å²) >= 11 is 7.13. The maximum Gasteiger partial charge on any atom is 0.418 e. The van der Waals surface area contributed by atoms with Crippen molar-refractivity contribution in [3.8, 4) is 0 Å². The first-order valence-corrected chi connectivity index (χ1v) is 11.2. The Morgan fingerprint density at radius 3 is 2.39 bits per heavy atom. The van der Waals surface area contributed by atoms with Crippen LogP contribution in [0.5, 0.6) is 0 Å². The van der Waals surface area contributed by atoms with Crippen molar-refractivity contribution in [2.24, 2.45) is 0 Å². The predicted octanol–water partition coefficient (Wildman–Crippen LogP) is 7.12. The molecule has 0 aromatic heterocycles. The molecule has 1 unspecified atom stereocenters. The van der Waals surface area contributed by atoms with Crippen molar-refractivity contribution in [3.05, 3.63) is 88.9 Å². The minimum atomic E-state index is -4.58. The number of thioether (sulfide) groups is 1. The summed E-state index contributed by atoms with van der Waals surface area (Å²) in [6.07, 6.45) is -4.18. The van der Waals surface area contributed by atoms with Crippen LogP contribution < -0.4 is 10.6 Å². The first kappa shape index (κ1) is 24.7. The molecule has 0 bridgehead atoms. The number of halogens is 4. The van der Waals surface area contributed by atoms with Crippen LogP contribution in [0, 0.1) is 0 Å². The number of hydrogen-bond acceptors (Lipinski definition) is 3. The smallest absolute Gasteiger partial charge is 0.325 e. The van der Waals surface area contributed by atoms with Crippen molar-refractivity contribution in [2.45, 2.75) is 29.7 Å². The molecule has 0 heterocycles. The third-order valence-corrected chi connectivity index (χ3v) is 6.20. The van der Waals surface area contributed by atoms with E-state index >= 15 is 0 Å². The third kappa shape index (κ3) is 6.76. The number of anilines is 2. The van der Waals surface area contributed by atoms with Crippen molar-refractivity contribution < 1.29 is 22.8 Å². The number of rotatable bonds is 7. The zero-order chi connectivity index (χ0) is 24.0. The summed E-state index contributed by atoms with van der Waals surface area (Å²) in [5.74, 6) is -0.874. The van der Waals surface area contributed by atoms with Gasteiger partial charge in [-0.25, -0.2) is 0 Å². The van der Waals surface area contributed by atoms with Crippen LogP contribution in [0.3, 0.4) is 0 Å². The van der Waals surface area contributed by atoms with Gasteiger partial charge in [0.25, 0.3) is 5.91 Å². The van der Waals surface area contributed by atoms with E-state index in [4.69, 9.17) is 11.6 Å². The van der Waals surface area contributed by atoms with Gasteiger partial charge in [0.15, 0.2) is 0 Å². The van der Waals surface area contributed by atoms with E-state index in [0.717, 1.165) is 6.07 Å². The standard InChI is InChI=1S/C24H20ClF3N2O2S/c1-2-21(23(32)30-20-12-4-3-11-19(20)24(26,27)28)33-18-10-6-9-17(14-18)29-22(31)15-7-5-8-16(25)13-15/h3-14,21H,2H2,1H3,(H,29,31)(H,30,32). The molecule has 0 aliphatic heterocycles. The Kier molecular flexibility index (Phi) is 8.05. The molecular formula is C24H20ClF3N2O2S. The van der Waals surface area contributed by atoms with Crippen molar-refractivity contribution >= 4 is 46.6 Å². The summed E-state index contributed by atoms with van der Waals surface area (Å²) in [7, 11) is 0. The van der Waals surface area contributed by atoms with Crippen molar-refractivity contribution in [2.75, 3.05) is 10.6 Å². The molecule has 0 spiro atoms. The lowest BCUT2D eigenvalue weighted by Crippen LogP contribution is -2.26. The predicted molar refractivity (Wildman–Crippen MR) is 126 cm³/mol. The summed E-state index contributed by atoms with van der Waals surface area (Å²) in [4.78, 5) is 25.9. The highest BCUT2D eigenvalue weighted by Gasteiger charge is 2.34. The number of hydrogen-bond donors (Lipinski definition) is 2. The highest BCUT2D eigenvalue weighted by Crippen LogP contribution is 2.35. The Bertz CT molecular complexity index is 1150. The molecule has 2 amide bonds. The van der Waals surface area contributed by atoms with Crippen LogP contribution in [0.15, 0.2) is 77.7 Å². The molecule has 3 rings (SSSR count). The van der Waals surface area contributed by atoms with Crippen LogP contribution in [-0.2, 0) is 11.0 Å². The Hall–Kier alpha value is -2.97. The highest BCUT2D eigenvalue weighted by atomic mass is 35.5. The van der Waals surface area contributed by atoms with Crippen LogP contribution in [0.25, 0.3) is 0 Å². The summed E-state index contributed by atoms with van der Waals surface area (Å²) < 4.78 is 39.7. The second kappa shape index (κ2) is 10.8. The molecule has 1 atom stereocenters. The number of para-hydroxylation sites is 1. The van der Waals surface area contributed by atoms with Crippen LogP contribution in [-0.4, -0.2) is 17.1 Å². The average Bonchev–Trinajstić information content (AvgIpc) is 2.77. The second-order valence-corrected chi connectivity index (χ2v) is 8.75. The van der Waals surface area contributed by atoms with Gasteiger partial charge in [-0.1, -0.05) is 42.8 Å². The Morgan fingerprint density at radius 2 is 1.70 bits per heavy atom. The summed E-state index contributed by atoms with van der Waals surface area (Å²) in [6, 6.07) is 18.3. The van der Waals surface area contributed by atoms with E-state index in [9.17, 15) is 22.8 Å². The maximum atomic E-state index is 13.2. The zero-order valence-electron chi connectivity index (χ0n) is 17.4. The summed E-state index contributed by atoms with van der Waals surface area (Å²) in [5.41, 5.74) is -0.266. The molecule has 0 fully saturated rings. The summed E-state index contributed by atoms with van der Waals surface area (Å²) in [5, 5.41) is 4.98. The molecule has 4 nitrogen and oxygen atoms in total. The highest BCUT2D eigenvalue weighted by molar-refractivity contribution is 8.00. The molecule has 3 aromatic carbocycles. The monoisotopic (exact) mass is 492 g/mol. The molecule has 0 aliphatic rings. The van der Waals surface area contributed by atoms with Gasteiger partial charge < -0.3 is 10.6 Å². The number of carbonyl (C=O) groups excluding carboxylic acids is 2. The molecule has 0 saturated carbocycles. The van der Waals surface area contributed by atoms with Gasteiger partial charge in [-0.3, -0.25) is 9.59 Å². The Labute approximate surface area is 198 Å². The molecule has 0 aliphatic carbocycles. The fourth-order valence-electron chi connectivity index (χ4n) is 3.02. The number of nitrogens with one attached hydrogen (secondary N) is 2. The first-order chi connectivity index (χ1) is 15.7. The molecule has 33 heavy (non-hydrogen) atoms. The van der Waals surface area contributed by atoms with Gasteiger partial charge in [-0.15, -0.1) is 11.8 Å². The second-order valence-electron chi connectivity index (χ2n) is 7.04. The van der Waals surface area contributed by atoms with E-state index in [-0.39, 0.29) is 11.6 Å². The lowest BCUT2D eigenvalue weighted by molar-refractivity contribution is -0.137. The van der Waals surface area contributed by atoms with Gasteiger partial charge in [0.2, 0.25) is 5.91 Å². The van der Waals surface area contributed by atoms with Gasteiger partial charge in [0.1, 0.15) is 0 Å². The lowest BCUT2D eigenvalue weighted by Gasteiger charge is -2.18. The molecule has 2 N–H and O–H groups in total. The van der Waals surface area contributed by atoms with E-state index in [1.54, 1.807) is 55.5 Å². The van der Waals surface area contributed by atoms with Gasteiger partial charge in [0, 0.05) is 21.2 Å². The van der Waals surface area contributed by atoms with E-state index in [2.05, 4.69) is 10.6 Å². The van der Waals surface area contributed by atoms with Crippen LogP contribution in [0.4, 0.5) is 24.5 Å². The molecule has 9 heteroatoms. The van der Waals surface area contributed by atoms with Crippen LogP contribution >= 0.6 is 23.4 Å². The molecular weight excluding hydrogens is 473 g/mol. The van der Waals surface area contributed by atoms with Crippen molar-refractivity contribution in [1.29, 1.82) is 0 Å². The molecule has 3 aromatic rings. The van der Waals surface area contributed by atoms with Crippen LogP contribution in [0.2, 0.25) is 5.02 Å². The van der Waals surface area contributed by atoms with Crippen LogP contribution in [0.1, 0.15) is 29.3 Å². The van der Waals surface area contributed by atoms with E-state index < -0.39 is 22.9 Å². The van der Waals surface area contributed by atoms with E-state index in [0.29, 0.717) is 27.6 Å². The first-order valence-electron chi connectivity index (χ1n) is 9.98. The number of carbonyl (C=O) groups is 2. The average molecular weight is 493 g/mol. The SMILES string of the molecule is CCC(Sc1cccc(NC(=O)c2cccc(Cl)c2)c1)C(=O)Nc1ccccc1C(F)(F)F. The topological polar surface area (TPSA) is 58.2 Å². The number of amides is 2. The number of benzene rings is 3. The maximum absolute atomic E-state index is 13.2. The minimum absolute atomic E-state index is 0.281. The third-order valence-electron chi connectivity index (χ3n) is 4.61. The fourth-order valence-corrected chi connectivity index (χ4v) is 4.22. The quantitative estimate of drug-likeness (QED) is 0.345. The summed E-state index contributed by atoms with van der Waals surface area (Å²) in [6.45, 7) is 1.78. The van der Waals surface area contributed by atoms with Gasteiger partial charge >= 0.3 is 6.18 Å². The van der Waals surface area contributed by atoms with Gasteiger partial charge in [0.05, 0.1) is 16.5 Å². The minimum Gasteiger partial charge on any atom is -0.325 e.